The van der Waals surface area contributed by atoms with Gasteiger partial charge in [-0.2, -0.15) is 0 Å². The Labute approximate surface area is 440 Å². The first-order chi connectivity index (χ1) is 35.1. The molecule has 0 aliphatic carbocycles. The van der Waals surface area contributed by atoms with Gasteiger partial charge in [0.2, 0.25) is 0 Å². The van der Waals surface area contributed by atoms with Crippen molar-refractivity contribution in [3.63, 3.8) is 0 Å². The highest BCUT2D eigenvalue weighted by Gasteiger charge is 2.30. The van der Waals surface area contributed by atoms with Crippen molar-refractivity contribution in [3.05, 3.63) is 0 Å². The van der Waals surface area contributed by atoms with Crippen molar-refractivity contribution < 1.29 is 57.2 Å². The molecule has 0 fully saturated rings. The van der Waals surface area contributed by atoms with E-state index in [9.17, 15) is 28.8 Å². The molecule has 0 saturated heterocycles. The molecule has 0 aromatic rings. The summed E-state index contributed by atoms with van der Waals surface area (Å²) in [4.78, 5) is 77.5. The van der Waals surface area contributed by atoms with Crippen LogP contribution < -0.4 is 0 Å². The van der Waals surface area contributed by atoms with Crippen LogP contribution >= 0.6 is 0 Å². The molecule has 0 saturated carbocycles. The lowest BCUT2D eigenvalue weighted by Gasteiger charge is -2.27. The van der Waals surface area contributed by atoms with Gasteiger partial charge in [-0.05, 0) is 51.4 Å². The Morgan fingerprint density at radius 3 is 0.806 bits per heavy atom. The lowest BCUT2D eigenvalue weighted by atomic mass is 10.0. The molecule has 12 nitrogen and oxygen atoms in total. The minimum Gasteiger partial charge on any atom is -0.462 e. The predicted octanol–water partition coefficient (Wildman–Crippen LogP) is 16.2. The number of carbonyl (C=O) groups is 6. The second-order valence-corrected chi connectivity index (χ2v) is 20.5. The van der Waals surface area contributed by atoms with Gasteiger partial charge < -0.3 is 28.4 Å². The van der Waals surface area contributed by atoms with Crippen LogP contribution in [0, 0.1) is 0 Å². The maximum atomic E-state index is 13.3. The van der Waals surface area contributed by atoms with Gasteiger partial charge in [0.25, 0.3) is 0 Å². The number of unbranched alkanes of at least 4 members (excludes halogenated alkanes) is 30. The van der Waals surface area contributed by atoms with Gasteiger partial charge >= 0.3 is 35.8 Å². The van der Waals surface area contributed by atoms with E-state index in [0.29, 0.717) is 38.5 Å². The van der Waals surface area contributed by atoms with Crippen LogP contribution in [0.5, 0.6) is 0 Å². The molecular weight excluding hydrogens is 913 g/mol. The molecule has 0 aromatic heterocycles. The van der Waals surface area contributed by atoms with Crippen molar-refractivity contribution in [2.24, 2.45) is 0 Å². The second kappa shape index (κ2) is 52.7. The van der Waals surface area contributed by atoms with Crippen LogP contribution in [-0.2, 0) is 57.2 Å². The molecule has 422 valence electrons. The molecule has 0 aromatic carbocycles. The smallest absolute Gasteiger partial charge is 0.306 e. The average molecular weight is 1020 g/mol. The van der Waals surface area contributed by atoms with E-state index >= 15 is 0 Å². The Morgan fingerprint density at radius 2 is 0.486 bits per heavy atom. The standard InChI is InChI=1S/C60H110O12/c1-6-11-16-21-24-31-37-45-57(63)69-51-54(72-60(66)48-41-33-26-23-18-13-8-3)53(71-59(65)47-40-32-25-22-17-12-7-2)42-35-30-27-34-38-44-56(62)68-50-52(70-58(64)46-39-29-20-15-10-5)49-67-55(61)43-36-28-19-14-9-4/h52-54H,6-51H2,1-5H3. The Hall–Kier alpha value is -3.18. The van der Waals surface area contributed by atoms with E-state index in [0.717, 1.165) is 154 Å². The summed E-state index contributed by atoms with van der Waals surface area (Å²) in [7, 11) is 0. The summed E-state index contributed by atoms with van der Waals surface area (Å²) in [6.45, 7) is 10.4. The monoisotopic (exact) mass is 1020 g/mol. The van der Waals surface area contributed by atoms with Gasteiger partial charge in [-0.15, -0.1) is 0 Å². The summed E-state index contributed by atoms with van der Waals surface area (Å²) < 4.78 is 34.5. The van der Waals surface area contributed by atoms with E-state index in [1.807, 2.05) is 0 Å². The van der Waals surface area contributed by atoms with E-state index in [1.165, 1.54) is 57.8 Å². The van der Waals surface area contributed by atoms with E-state index in [-0.39, 0.29) is 75.4 Å². The maximum Gasteiger partial charge on any atom is 0.306 e. The molecule has 0 aliphatic rings. The van der Waals surface area contributed by atoms with Crippen LogP contribution in [0.25, 0.3) is 0 Å². The molecule has 0 heterocycles. The molecule has 3 unspecified atom stereocenters. The van der Waals surface area contributed by atoms with Gasteiger partial charge in [0.1, 0.15) is 25.9 Å². The molecule has 0 radical (unpaired) electrons. The Bertz CT molecular complexity index is 1300. The van der Waals surface area contributed by atoms with Crippen LogP contribution in [-0.4, -0.2) is 73.9 Å². The summed E-state index contributed by atoms with van der Waals surface area (Å²) in [5.41, 5.74) is 0. The quantitative estimate of drug-likeness (QED) is 0.0323. The zero-order valence-corrected chi connectivity index (χ0v) is 47.2. The van der Waals surface area contributed by atoms with Crippen molar-refractivity contribution in [2.75, 3.05) is 19.8 Å². The molecule has 0 amide bonds. The molecule has 0 bridgehead atoms. The fraction of sp³-hybridized carbons (Fsp3) is 0.900. The Balaban J connectivity index is 5.49. The molecular formula is C60H110O12. The summed E-state index contributed by atoms with van der Waals surface area (Å²) in [5.74, 6) is -2.17. The van der Waals surface area contributed by atoms with Gasteiger partial charge in [-0.1, -0.05) is 221 Å². The fourth-order valence-corrected chi connectivity index (χ4v) is 8.69. The third-order valence-electron chi connectivity index (χ3n) is 13.3. The first kappa shape index (κ1) is 68.8. The van der Waals surface area contributed by atoms with Gasteiger partial charge in [0.05, 0.1) is 0 Å². The molecule has 0 spiro atoms. The van der Waals surface area contributed by atoms with E-state index < -0.39 is 24.3 Å². The van der Waals surface area contributed by atoms with Crippen molar-refractivity contribution >= 4 is 35.8 Å². The number of rotatable bonds is 54. The highest BCUT2D eigenvalue weighted by molar-refractivity contribution is 5.72. The third kappa shape index (κ3) is 46.6. The fourth-order valence-electron chi connectivity index (χ4n) is 8.69. The van der Waals surface area contributed by atoms with E-state index in [4.69, 9.17) is 28.4 Å². The molecule has 0 rings (SSSR count). The van der Waals surface area contributed by atoms with Crippen molar-refractivity contribution in [1.82, 2.24) is 0 Å². The topological polar surface area (TPSA) is 158 Å². The average Bonchev–Trinajstić information content (AvgIpc) is 3.36. The number of carbonyl (C=O) groups excluding carboxylic acids is 6. The van der Waals surface area contributed by atoms with Gasteiger partial charge in [-0.25, -0.2) is 0 Å². The summed E-state index contributed by atoms with van der Waals surface area (Å²) >= 11 is 0. The second-order valence-electron chi connectivity index (χ2n) is 20.5. The van der Waals surface area contributed by atoms with E-state index in [2.05, 4.69) is 34.6 Å². The summed E-state index contributed by atoms with van der Waals surface area (Å²) in [6.07, 6.45) is 35.7. The number of hydrogen-bond acceptors (Lipinski definition) is 12. The minimum atomic E-state index is -0.902. The third-order valence-corrected chi connectivity index (χ3v) is 13.3. The van der Waals surface area contributed by atoms with Crippen LogP contribution in [0.3, 0.4) is 0 Å². The lowest BCUT2D eigenvalue weighted by molar-refractivity contribution is -0.176. The van der Waals surface area contributed by atoms with Gasteiger partial charge in [0, 0.05) is 38.5 Å². The van der Waals surface area contributed by atoms with Crippen LogP contribution in [0.2, 0.25) is 0 Å². The number of esters is 6. The number of ether oxygens (including phenoxy) is 6. The zero-order chi connectivity index (χ0) is 53.0. The van der Waals surface area contributed by atoms with Crippen molar-refractivity contribution in [3.8, 4) is 0 Å². The molecule has 72 heavy (non-hydrogen) atoms. The summed E-state index contributed by atoms with van der Waals surface area (Å²) in [5, 5.41) is 0. The Kier molecular flexibility index (Phi) is 50.3. The lowest BCUT2D eigenvalue weighted by Crippen LogP contribution is -2.39. The van der Waals surface area contributed by atoms with Gasteiger partial charge in [0.15, 0.2) is 12.2 Å². The summed E-state index contributed by atoms with van der Waals surface area (Å²) in [6, 6.07) is 0. The largest absolute Gasteiger partial charge is 0.462 e. The first-order valence-corrected chi connectivity index (χ1v) is 30.1. The normalized spacial score (nSPS) is 12.5. The van der Waals surface area contributed by atoms with E-state index in [1.54, 1.807) is 0 Å². The molecule has 12 heteroatoms. The Morgan fingerprint density at radius 1 is 0.250 bits per heavy atom. The van der Waals surface area contributed by atoms with Crippen LogP contribution in [0.4, 0.5) is 0 Å². The van der Waals surface area contributed by atoms with Crippen LogP contribution in [0.15, 0.2) is 0 Å². The van der Waals surface area contributed by atoms with Crippen molar-refractivity contribution in [1.29, 1.82) is 0 Å². The molecule has 0 aliphatic heterocycles. The number of hydrogen-bond donors (Lipinski definition) is 0. The zero-order valence-electron chi connectivity index (χ0n) is 47.2. The molecule has 3 atom stereocenters. The maximum absolute atomic E-state index is 13.3. The molecule has 0 N–H and O–H groups in total. The first-order valence-electron chi connectivity index (χ1n) is 30.1. The SMILES string of the molecule is CCCCCCCCCC(=O)OCC(OC(=O)CCCCCCCCC)C(CCCCCCCC(=O)OCC(COC(=O)CCCCCCC)OC(=O)CCCCCCC)OC(=O)CCCCCCCCC. The predicted molar refractivity (Wildman–Crippen MR) is 289 cm³/mol. The minimum absolute atomic E-state index is 0.154. The highest BCUT2D eigenvalue weighted by Crippen LogP contribution is 2.21. The highest BCUT2D eigenvalue weighted by atomic mass is 16.6. The van der Waals surface area contributed by atoms with Gasteiger partial charge in [-0.3, -0.25) is 28.8 Å². The van der Waals surface area contributed by atoms with Crippen LogP contribution in [0.1, 0.15) is 311 Å². The van der Waals surface area contributed by atoms with Crippen molar-refractivity contribution in [2.45, 2.75) is 329 Å².